The number of nitrogens with zero attached hydrogens (tertiary/aromatic N) is 2. The summed E-state index contributed by atoms with van der Waals surface area (Å²) in [4.78, 5) is 9.37. The molecule has 1 heterocycles. The molecule has 0 aliphatic carbocycles. The minimum absolute atomic E-state index is 0.104. The summed E-state index contributed by atoms with van der Waals surface area (Å²) in [7, 11) is 0. The predicted molar refractivity (Wildman–Crippen MR) is 89.0 cm³/mol. The number of hydrogen-bond acceptors (Lipinski definition) is 5. The Hall–Kier alpha value is -1.36. The highest BCUT2D eigenvalue weighted by Gasteiger charge is 2.21. The van der Waals surface area contributed by atoms with Crippen molar-refractivity contribution < 1.29 is 5.11 Å². The molecule has 120 valence electrons. The minimum atomic E-state index is -0.104. The van der Waals surface area contributed by atoms with Gasteiger partial charge in [-0.3, -0.25) is 0 Å². The highest BCUT2D eigenvalue weighted by Crippen LogP contribution is 2.26. The van der Waals surface area contributed by atoms with Gasteiger partial charge in [-0.15, -0.1) is 0 Å². The summed E-state index contributed by atoms with van der Waals surface area (Å²) in [5.41, 5.74) is 0.925. The van der Waals surface area contributed by atoms with Crippen molar-refractivity contribution in [3.05, 3.63) is 11.4 Å². The molecule has 5 nitrogen and oxygen atoms in total. The van der Waals surface area contributed by atoms with Crippen LogP contribution in [0.2, 0.25) is 0 Å². The lowest BCUT2D eigenvalue weighted by atomic mass is 9.95. The van der Waals surface area contributed by atoms with Crippen LogP contribution in [-0.4, -0.2) is 34.3 Å². The van der Waals surface area contributed by atoms with Gasteiger partial charge in [-0.1, -0.05) is 27.7 Å². The van der Waals surface area contributed by atoms with E-state index >= 15 is 0 Å². The largest absolute Gasteiger partial charge is 0.396 e. The zero-order chi connectivity index (χ0) is 16.0. The normalized spacial score (nSPS) is 13.1. The fourth-order valence-electron chi connectivity index (χ4n) is 1.91. The van der Waals surface area contributed by atoms with Gasteiger partial charge in [-0.05, 0) is 26.7 Å². The Bertz CT molecular complexity index is 454. The molecular weight excluding hydrogens is 264 g/mol. The molecule has 0 aliphatic rings. The Morgan fingerprint density at radius 3 is 2.33 bits per heavy atom. The molecule has 5 heteroatoms. The van der Waals surface area contributed by atoms with E-state index in [2.05, 4.69) is 43.3 Å². The van der Waals surface area contributed by atoms with Gasteiger partial charge in [0.25, 0.3) is 0 Å². The maximum absolute atomic E-state index is 9.05. The van der Waals surface area contributed by atoms with E-state index in [1.807, 2.05) is 13.8 Å². The van der Waals surface area contributed by atoms with Crippen LogP contribution in [0.1, 0.15) is 58.8 Å². The summed E-state index contributed by atoms with van der Waals surface area (Å²) in [6, 6.07) is 0.176. The summed E-state index contributed by atoms with van der Waals surface area (Å²) in [5, 5.41) is 15.8. The predicted octanol–water partition coefficient (Wildman–Crippen LogP) is 3.09. The Kier molecular flexibility index (Phi) is 6.40. The lowest BCUT2D eigenvalue weighted by molar-refractivity contribution is 0.282. The zero-order valence-electron chi connectivity index (χ0n) is 14.2. The van der Waals surface area contributed by atoms with Crippen LogP contribution >= 0.6 is 0 Å². The second-order valence-corrected chi connectivity index (χ2v) is 6.60. The van der Waals surface area contributed by atoms with Crippen molar-refractivity contribution in [3.8, 4) is 0 Å². The smallest absolute Gasteiger partial charge is 0.138 e. The molecule has 0 amide bonds. The molecule has 0 aromatic carbocycles. The summed E-state index contributed by atoms with van der Waals surface area (Å²) >= 11 is 0. The van der Waals surface area contributed by atoms with Gasteiger partial charge in [0, 0.05) is 30.2 Å². The monoisotopic (exact) mass is 294 g/mol. The number of nitrogens with one attached hydrogen (secondary N) is 2. The van der Waals surface area contributed by atoms with Crippen molar-refractivity contribution in [3.63, 3.8) is 0 Å². The molecule has 0 saturated heterocycles. The Labute approximate surface area is 128 Å². The highest BCUT2D eigenvalue weighted by molar-refractivity contribution is 5.58. The van der Waals surface area contributed by atoms with Gasteiger partial charge in [0.1, 0.15) is 17.5 Å². The maximum Gasteiger partial charge on any atom is 0.138 e. The van der Waals surface area contributed by atoms with E-state index in [1.165, 1.54) is 0 Å². The molecule has 0 fully saturated rings. The van der Waals surface area contributed by atoms with Crippen molar-refractivity contribution in [1.82, 2.24) is 9.97 Å². The van der Waals surface area contributed by atoms with E-state index < -0.39 is 0 Å². The molecule has 0 aliphatic heterocycles. The minimum Gasteiger partial charge on any atom is -0.396 e. The molecule has 1 rings (SSSR count). The summed E-state index contributed by atoms with van der Waals surface area (Å²) in [5.74, 6) is 2.58. The third-order valence-electron chi connectivity index (χ3n) is 3.30. The molecule has 21 heavy (non-hydrogen) atoms. The molecule has 1 aromatic rings. The lowest BCUT2D eigenvalue weighted by Crippen LogP contribution is -2.23. The van der Waals surface area contributed by atoms with E-state index in [0.29, 0.717) is 6.42 Å². The van der Waals surface area contributed by atoms with Crippen molar-refractivity contribution >= 4 is 11.6 Å². The van der Waals surface area contributed by atoms with Crippen LogP contribution in [0.4, 0.5) is 11.6 Å². The van der Waals surface area contributed by atoms with Crippen LogP contribution in [0.25, 0.3) is 0 Å². The molecule has 0 bridgehead atoms. The first-order valence-electron chi connectivity index (χ1n) is 7.80. The average Bonchev–Trinajstić information content (AvgIpc) is 2.38. The quantitative estimate of drug-likeness (QED) is 0.721. The lowest BCUT2D eigenvalue weighted by Gasteiger charge is -2.23. The Morgan fingerprint density at radius 1 is 1.19 bits per heavy atom. The first kappa shape index (κ1) is 17.7. The molecular formula is C16H30N4O. The van der Waals surface area contributed by atoms with Gasteiger partial charge in [-0.25, -0.2) is 9.97 Å². The van der Waals surface area contributed by atoms with Crippen molar-refractivity contribution in [2.24, 2.45) is 0 Å². The van der Waals surface area contributed by atoms with Crippen molar-refractivity contribution in [2.45, 2.75) is 65.8 Å². The van der Waals surface area contributed by atoms with Crippen LogP contribution in [0.5, 0.6) is 0 Å². The van der Waals surface area contributed by atoms with E-state index in [0.717, 1.165) is 36.0 Å². The molecule has 0 saturated carbocycles. The van der Waals surface area contributed by atoms with Gasteiger partial charge in [0.05, 0.1) is 0 Å². The van der Waals surface area contributed by atoms with E-state index in [4.69, 9.17) is 10.1 Å². The van der Waals surface area contributed by atoms with Gasteiger partial charge in [0.15, 0.2) is 0 Å². The zero-order valence-corrected chi connectivity index (χ0v) is 14.2. The van der Waals surface area contributed by atoms with Crippen LogP contribution in [-0.2, 0) is 5.41 Å². The fourth-order valence-corrected chi connectivity index (χ4v) is 1.91. The fraction of sp³-hybridized carbons (Fsp3) is 0.750. The van der Waals surface area contributed by atoms with Crippen LogP contribution in [0, 0.1) is 6.92 Å². The molecule has 1 atom stereocenters. The summed E-state index contributed by atoms with van der Waals surface area (Å²) in [6.07, 6.45) is 1.75. The van der Waals surface area contributed by atoms with Crippen LogP contribution in [0.15, 0.2) is 0 Å². The molecule has 0 spiro atoms. The van der Waals surface area contributed by atoms with Gasteiger partial charge in [-0.2, -0.15) is 0 Å². The number of aromatic nitrogens is 2. The molecule has 1 unspecified atom stereocenters. The first-order valence-corrected chi connectivity index (χ1v) is 7.80. The summed E-state index contributed by atoms with van der Waals surface area (Å²) < 4.78 is 0. The van der Waals surface area contributed by atoms with Crippen LogP contribution < -0.4 is 10.6 Å². The van der Waals surface area contributed by atoms with E-state index in [1.54, 1.807) is 0 Å². The molecule has 1 aromatic heterocycles. The van der Waals surface area contributed by atoms with Gasteiger partial charge in [0.2, 0.25) is 0 Å². The number of anilines is 2. The number of hydrogen-bond donors (Lipinski definition) is 3. The van der Waals surface area contributed by atoms with Gasteiger partial charge >= 0.3 is 0 Å². The Morgan fingerprint density at radius 2 is 1.81 bits per heavy atom. The van der Waals surface area contributed by atoms with Crippen molar-refractivity contribution in [1.29, 1.82) is 0 Å². The SMILES string of the molecule is CCCNc1nc(C(C)(C)C)nc(NC(C)CCO)c1C. The van der Waals surface area contributed by atoms with Crippen LogP contribution in [0.3, 0.4) is 0 Å². The number of aliphatic hydroxyl groups excluding tert-OH is 1. The third-order valence-corrected chi connectivity index (χ3v) is 3.30. The molecule has 0 radical (unpaired) electrons. The van der Waals surface area contributed by atoms with Crippen molar-refractivity contribution in [2.75, 3.05) is 23.8 Å². The summed E-state index contributed by atoms with van der Waals surface area (Å²) in [6.45, 7) is 13.6. The Balaban J connectivity index is 3.14. The standard InChI is InChI=1S/C16H30N4O/c1-7-9-17-13-12(3)14(18-11(2)8-10-21)20-15(19-13)16(4,5)6/h11,21H,7-10H2,1-6H3,(H2,17,18,19,20). The number of aliphatic hydroxyl groups is 1. The first-order chi connectivity index (χ1) is 9.79. The third kappa shape index (κ3) is 5.16. The second kappa shape index (κ2) is 7.59. The topological polar surface area (TPSA) is 70.1 Å². The molecule has 3 N–H and O–H groups in total. The highest BCUT2D eigenvalue weighted by atomic mass is 16.3. The van der Waals surface area contributed by atoms with E-state index in [9.17, 15) is 0 Å². The maximum atomic E-state index is 9.05. The van der Waals surface area contributed by atoms with Gasteiger partial charge < -0.3 is 15.7 Å². The van der Waals surface area contributed by atoms with E-state index in [-0.39, 0.29) is 18.1 Å². The average molecular weight is 294 g/mol. The second-order valence-electron chi connectivity index (χ2n) is 6.60. The number of rotatable bonds is 7.